The highest BCUT2D eigenvalue weighted by molar-refractivity contribution is 5.88. The average molecular weight is 324 g/mol. The number of hydrogen-bond donors (Lipinski definition) is 2. The largest absolute Gasteiger partial charge is 0.481 e. The van der Waals surface area contributed by atoms with E-state index in [0.717, 1.165) is 58.0 Å². The van der Waals surface area contributed by atoms with Crippen molar-refractivity contribution in [3.05, 3.63) is 12.2 Å². The molecule has 1 aliphatic rings. The van der Waals surface area contributed by atoms with Crippen LogP contribution in [0.25, 0.3) is 0 Å². The first-order valence-corrected chi connectivity index (χ1v) is 8.53. The molecular weight excluding hydrogens is 296 g/mol. The summed E-state index contributed by atoms with van der Waals surface area (Å²) in [4.78, 5) is 35.4. The number of amides is 2. The first-order chi connectivity index (χ1) is 11.1. The summed E-state index contributed by atoms with van der Waals surface area (Å²) in [5.74, 6) is -0.902. The number of carbonyl (C=O) groups is 3. The maximum Gasteiger partial charge on any atom is 0.307 e. The molecule has 0 radical (unpaired) electrons. The van der Waals surface area contributed by atoms with Gasteiger partial charge in [0.2, 0.25) is 11.8 Å². The molecule has 6 heteroatoms. The Labute approximate surface area is 137 Å². The van der Waals surface area contributed by atoms with E-state index in [-0.39, 0.29) is 12.3 Å². The van der Waals surface area contributed by atoms with Gasteiger partial charge in [-0.3, -0.25) is 14.4 Å². The van der Waals surface area contributed by atoms with Crippen molar-refractivity contribution in [3.8, 4) is 0 Å². The van der Waals surface area contributed by atoms with Crippen LogP contribution in [0.2, 0.25) is 0 Å². The van der Waals surface area contributed by atoms with Crippen LogP contribution in [0, 0.1) is 0 Å². The number of carboxylic acids is 1. The molecule has 0 aromatic carbocycles. The molecule has 1 saturated heterocycles. The Kier molecular flexibility index (Phi) is 9.75. The van der Waals surface area contributed by atoms with Crippen LogP contribution < -0.4 is 5.32 Å². The van der Waals surface area contributed by atoms with E-state index in [0.29, 0.717) is 18.9 Å². The maximum absolute atomic E-state index is 11.8. The Balaban J connectivity index is 1.98. The van der Waals surface area contributed by atoms with E-state index in [1.807, 2.05) is 4.90 Å². The van der Waals surface area contributed by atoms with E-state index in [9.17, 15) is 14.4 Å². The third-order valence-electron chi connectivity index (χ3n) is 3.89. The van der Waals surface area contributed by atoms with Crippen LogP contribution in [-0.2, 0) is 14.4 Å². The summed E-state index contributed by atoms with van der Waals surface area (Å²) >= 11 is 0. The minimum atomic E-state index is -0.947. The summed E-state index contributed by atoms with van der Waals surface area (Å²) < 4.78 is 0. The fraction of sp³-hybridized carbons (Fsp3) is 0.706. The van der Waals surface area contributed by atoms with Gasteiger partial charge in [-0.25, -0.2) is 0 Å². The lowest BCUT2D eigenvalue weighted by Crippen LogP contribution is -2.31. The number of nitrogens with zero attached hydrogens (tertiary/aromatic N) is 1. The zero-order valence-electron chi connectivity index (χ0n) is 13.8. The third-order valence-corrected chi connectivity index (χ3v) is 3.89. The van der Waals surface area contributed by atoms with Gasteiger partial charge < -0.3 is 15.3 Å². The van der Waals surface area contributed by atoms with Crippen LogP contribution >= 0.6 is 0 Å². The lowest BCUT2D eigenvalue weighted by molar-refractivity contribution is -0.136. The van der Waals surface area contributed by atoms with Crippen molar-refractivity contribution in [1.82, 2.24) is 10.2 Å². The van der Waals surface area contributed by atoms with Crippen molar-refractivity contribution in [2.45, 2.75) is 57.8 Å². The molecule has 0 unspecified atom stereocenters. The van der Waals surface area contributed by atoms with Crippen molar-refractivity contribution in [1.29, 1.82) is 0 Å². The summed E-state index contributed by atoms with van der Waals surface area (Å²) in [5.41, 5.74) is 0. The van der Waals surface area contributed by atoms with Gasteiger partial charge in [-0.05, 0) is 31.8 Å². The second kappa shape index (κ2) is 11.7. The minimum absolute atomic E-state index is 0.136. The van der Waals surface area contributed by atoms with E-state index < -0.39 is 5.97 Å². The van der Waals surface area contributed by atoms with Crippen LogP contribution in [0.15, 0.2) is 12.2 Å². The molecule has 1 heterocycles. The summed E-state index contributed by atoms with van der Waals surface area (Å²) in [6, 6.07) is 0. The number of hydrogen-bond acceptors (Lipinski definition) is 3. The highest BCUT2D eigenvalue weighted by Crippen LogP contribution is 2.12. The first kappa shape index (κ1) is 19.2. The second-order valence-electron chi connectivity index (χ2n) is 5.90. The summed E-state index contributed by atoms with van der Waals surface area (Å²) in [6.07, 6.45) is 10.4. The Morgan fingerprint density at radius 1 is 1.13 bits per heavy atom. The predicted molar refractivity (Wildman–Crippen MR) is 87.9 cm³/mol. The van der Waals surface area contributed by atoms with E-state index in [2.05, 4.69) is 5.32 Å². The number of likely N-dealkylation sites (tertiary alicyclic amines) is 1. The molecule has 0 aliphatic carbocycles. The molecule has 1 fully saturated rings. The van der Waals surface area contributed by atoms with Crippen LogP contribution in [0.3, 0.4) is 0 Å². The van der Waals surface area contributed by atoms with Crippen molar-refractivity contribution in [3.63, 3.8) is 0 Å². The predicted octanol–water partition coefficient (Wildman–Crippen LogP) is 2.10. The van der Waals surface area contributed by atoms with E-state index in [1.165, 1.54) is 12.2 Å². The van der Waals surface area contributed by atoms with Gasteiger partial charge in [0.1, 0.15) is 0 Å². The molecule has 0 aromatic heterocycles. The highest BCUT2D eigenvalue weighted by Gasteiger charge is 2.15. The van der Waals surface area contributed by atoms with Gasteiger partial charge in [-0.1, -0.05) is 25.3 Å². The van der Waals surface area contributed by atoms with Gasteiger partial charge in [-0.2, -0.15) is 0 Å². The van der Waals surface area contributed by atoms with E-state index in [4.69, 9.17) is 5.11 Å². The van der Waals surface area contributed by atoms with E-state index in [1.54, 1.807) is 0 Å². The number of rotatable bonds is 10. The van der Waals surface area contributed by atoms with Crippen molar-refractivity contribution in [2.24, 2.45) is 0 Å². The van der Waals surface area contributed by atoms with Gasteiger partial charge in [0.15, 0.2) is 0 Å². The molecule has 130 valence electrons. The Hall–Kier alpha value is -1.85. The zero-order chi connectivity index (χ0) is 16.9. The normalized spacial score (nSPS) is 15.7. The number of carboxylic acid groups (broad SMARTS) is 1. The molecule has 0 atom stereocenters. The molecule has 23 heavy (non-hydrogen) atoms. The average Bonchev–Trinajstić information content (AvgIpc) is 2.70. The van der Waals surface area contributed by atoms with Gasteiger partial charge in [0.05, 0.1) is 6.42 Å². The molecule has 2 amide bonds. The molecule has 6 nitrogen and oxygen atoms in total. The molecule has 0 saturated carbocycles. The quantitative estimate of drug-likeness (QED) is 0.476. The van der Waals surface area contributed by atoms with Gasteiger partial charge in [0, 0.05) is 26.1 Å². The zero-order valence-corrected chi connectivity index (χ0v) is 13.8. The number of carbonyl (C=O) groups excluding carboxylic acids is 2. The van der Waals surface area contributed by atoms with Crippen molar-refractivity contribution < 1.29 is 19.5 Å². The number of unbranched alkanes of at least 4 members (excludes halogenated alkanes) is 3. The van der Waals surface area contributed by atoms with Crippen molar-refractivity contribution >= 4 is 17.8 Å². The molecule has 1 rings (SSSR count). The Bertz CT molecular complexity index is 421. The topological polar surface area (TPSA) is 86.7 Å². The number of nitrogens with one attached hydrogen (secondary N) is 1. The summed E-state index contributed by atoms with van der Waals surface area (Å²) in [7, 11) is 0. The maximum atomic E-state index is 11.8. The highest BCUT2D eigenvalue weighted by atomic mass is 16.4. The Morgan fingerprint density at radius 3 is 2.70 bits per heavy atom. The van der Waals surface area contributed by atoms with Crippen molar-refractivity contribution in [2.75, 3.05) is 19.6 Å². The summed E-state index contributed by atoms with van der Waals surface area (Å²) in [5, 5.41) is 11.2. The smallest absolute Gasteiger partial charge is 0.307 e. The lowest BCUT2D eigenvalue weighted by atomic mass is 10.2. The van der Waals surface area contributed by atoms with Gasteiger partial charge in [0.25, 0.3) is 0 Å². The van der Waals surface area contributed by atoms with Gasteiger partial charge >= 0.3 is 5.97 Å². The van der Waals surface area contributed by atoms with Crippen LogP contribution in [0.4, 0.5) is 0 Å². The fourth-order valence-corrected chi connectivity index (χ4v) is 2.59. The van der Waals surface area contributed by atoms with Crippen LogP contribution in [0.5, 0.6) is 0 Å². The summed E-state index contributed by atoms with van der Waals surface area (Å²) in [6.45, 7) is 2.35. The lowest BCUT2D eigenvalue weighted by Gasteiger charge is -2.20. The second-order valence-corrected chi connectivity index (χ2v) is 5.90. The number of aliphatic carboxylic acids is 1. The molecule has 0 aromatic rings. The molecule has 0 spiro atoms. The molecular formula is C17H28N2O4. The molecule has 1 aliphatic heterocycles. The third kappa shape index (κ3) is 9.71. The van der Waals surface area contributed by atoms with Crippen LogP contribution in [-0.4, -0.2) is 47.4 Å². The fourth-order valence-electron chi connectivity index (χ4n) is 2.59. The molecule has 0 bridgehead atoms. The molecule has 2 N–H and O–H groups in total. The first-order valence-electron chi connectivity index (χ1n) is 8.53. The Morgan fingerprint density at radius 2 is 1.91 bits per heavy atom. The minimum Gasteiger partial charge on any atom is -0.481 e. The van der Waals surface area contributed by atoms with Crippen LogP contribution in [0.1, 0.15) is 57.8 Å². The monoisotopic (exact) mass is 324 g/mol. The van der Waals surface area contributed by atoms with Gasteiger partial charge in [-0.15, -0.1) is 0 Å². The van der Waals surface area contributed by atoms with E-state index >= 15 is 0 Å². The SMILES string of the molecule is O=C(O)C/C=C\C(=O)NCCCCCCN1CCCCCC1=O. The standard InChI is InChI=1S/C17H28N2O4/c20-15(9-8-11-17(22)23)18-12-5-1-2-6-13-19-14-7-3-4-10-16(19)21/h8-9H,1-7,10-14H2,(H,18,20)(H,22,23)/b9-8-.